The molecule has 3 rings (SSSR count). The van der Waals surface area contributed by atoms with E-state index >= 15 is 0 Å². The smallest absolute Gasteiger partial charge is 0.121 e. The van der Waals surface area contributed by atoms with Gasteiger partial charge in [0.15, 0.2) is 4.33 Å². The summed E-state index contributed by atoms with van der Waals surface area (Å²) in [4.78, 5) is -2.50. The molecule has 0 aromatic heterocycles. The van der Waals surface area contributed by atoms with Crippen LogP contribution in [0.15, 0.2) is 10.1 Å². The van der Waals surface area contributed by atoms with E-state index in [9.17, 15) is 0 Å². The Labute approximate surface area is 145 Å². The van der Waals surface area contributed by atoms with E-state index in [2.05, 4.69) is 0 Å². The molecule has 3 aliphatic rings. The quantitative estimate of drug-likeness (QED) is 0.451. The van der Waals surface area contributed by atoms with Crippen LogP contribution in [0.1, 0.15) is 6.42 Å². The molecule has 2 saturated carbocycles. The summed E-state index contributed by atoms with van der Waals surface area (Å²) in [6, 6.07) is 0. The van der Waals surface area contributed by atoms with Crippen molar-refractivity contribution in [2.75, 3.05) is 0 Å². The normalized spacial score (nSPS) is 57.3. The van der Waals surface area contributed by atoms with Crippen LogP contribution in [0.3, 0.4) is 0 Å². The predicted octanol–water partition coefficient (Wildman–Crippen LogP) is 5.68. The SMILES string of the molecule is ClC1=C(Cl)C2(Cl)[C@@H]3CC(Cl)[C@@H](Cl)[C@@H]3C1(Cl)C2(Cl)Cl. The molecular formula is C10H6Cl8. The van der Waals surface area contributed by atoms with E-state index in [1.807, 2.05) is 0 Å². The van der Waals surface area contributed by atoms with Gasteiger partial charge in [0, 0.05) is 5.92 Å². The van der Waals surface area contributed by atoms with Crippen molar-refractivity contribution in [1.29, 1.82) is 0 Å². The largest absolute Gasteiger partial charge is 0.166 e. The van der Waals surface area contributed by atoms with E-state index in [1.165, 1.54) is 0 Å². The molecule has 0 heterocycles. The molecule has 3 unspecified atom stereocenters. The summed E-state index contributed by atoms with van der Waals surface area (Å²) in [6.07, 6.45) is 0.555. The van der Waals surface area contributed by atoms with Crippen LogP contribution in [-0.2, 0) is 0 Å². The second-order valence-electron chi connectivity index (χ2n) is 4.95. The van der Waals surface area contributed by atoms with E-state index < -0.39 is 19.5 Å². The Morgan fingerprint density at radius 1 is 0.889 bits per heavy atom. The van der Waals surface area contributed by atoms with Crippen molar-refractivity contribution in [3.8, 4) is 0 Å². The van der Waals surface area contributed by atoms with Crippen molar-refractivity contribution >= 4 is 92.8 Å². The third-order valence-electron chi connectivity index (χ3n) is 4.32. The van der Waals surface area contributed by atoms with Crippen LogP contribution >= 0.6 is 92.8 Å². The molecule has 0 aromatic carbocycles. The average molecular weight is 410 g/mol. The first-order valence-electron chi connectivity index (χ1n) is 5.21. The molecular weight excluding hydrogens is 404 g/mol. The van der Waals surface area contributed by atoms with Crippen LogP contribution < -0.4 is 0 Å². The Morgan fingerprint density at radius 3 is 1.94 bits per heavy atom. The van der Waals surface area contributed by atoms with Crippen LogP contribution in [-0.4, -0.2) is 24.8 Å². The maximum absolute atomic E-state index is 6.62. The van der Waals surface area contributed by atoms with E-state index in [1.54, 1.807) is 0 Å². The lowest BCUT2D eigenvalue weighted by Gasteiger charge is -2.35. The van der Waals surface area contributed by atoms with E-state index in [0.717, 1.165) is 0 Å². The van der Waals surface area contributed by atoms with E-state index in [-0.39, 0.29) is 27.3 Å². The van der Waals surface area contributed by atoms with Gasteiger partial charge in [0.2, 0.25) is 0 Å². The molecule has 0 aromatic rings. The van der Waals surface area contributed by atoms with Gasteiger partial charge in [-0.05, 0) is 12.3 Å². The molecule has 0 amide bonds. The maximum Gasteiger partial charge on any atom is 0.166 e. The molecule has 6 atom stereocenters. The Balaban J connectivity index is 2.26. The summed E-state index contributed by atoms with van der Waals surface area (Å²) in [6.45, 7) is 0. The van der Waals surface area contributed by atoms with Gasteiger partial charge in [0.25, 0.3) is 0 Å². The van der Waals surface area contributed by atoms with Crippen molar-refractivity contribution in [3.05, 3.63) is 10.1 Å². The molecule has 18 heavy (non-hydrogen) atoms. The number of halogens is 8. The standard InChI is InChI=1S/C10H6Cl8/c11-3-1-2-4(5(3)12)9(16)7(14)6(13)8(2,15)10(9,17)18/h2-5H,1H2/t2-,3?,4-,5-,8?,9?/m1/s1. The molecule has 2 fully saturated rings. The number of allylic oxidation sites excluding steroid dienone is 2. The first-order chi connectivity index (χ1) is 8.11. The van der Waals surface area contributed by atoms with Crippen LogP contribution in [0, 0.1) is 11.8 Å². The highest BCUT2D eigenvalue weighted by molar-refractivity contribution is 6.66. The third-order valence-corrected chi connectivity index (χ3v) is 9.79. The summed E-state index contributed by atoms with van der Waals surface area (Å²) in [7, 11) is 0. The maximum atomic E-state index is 6.62. The Hall–Kier alpha value is 2.06. The van der Waals surface area contributed by atoms with Crippen molar-refractivity contribution in [2.45, 2.75) is 31.3 Å². The van der Waals surface area contributed by atoms with Gasteiger partial charge in [-0.2, -0.15) is 0 Å². The summed E-state index contributed by atoms with van der Waals surface area (Å²) in [5, 5.41) is -0.259. The Kier molecular flexibility index (Phi) is 3.39. The van der Waals surface area contributed by atoms with Crippen LogP contribution in [0.5, 0.6) is 0 Å². The molecule has 0 aliphatic heterocycles. The van der Waals surface area contributed by atoms with Crippen LogP contribution in [0.25, 0.3) is 0 Å². The van der Waals surface area contributed by atoms with Gasteiger partial charge >= 0.3 is 0 Å². The molecule has 0 nitrogen and oxygen atoms in total. The fourth-order valence-corrected chi connectivity index (χ4v) is 7.46. The lowest BCUT2D eigenvalue weighted by atomic mass is 9.84. The zero-order chi connectivity index (χ0) is 13.7. The van der Waals surface area contributed by atoms with Gasteiger partial charge in [-0.25, -0.2) is 0 Å². The number of alkyl halides is 6. The second kappa shape index (κ2) is 4.07. The van der Waals surface area contributed by atoms with E-state index in [0.29, 0.717) is 6.42 Å². The van der Waals surface area contributed by atoms with Gasteiger partial charge in [0.05, 0.1) is 20.8 Å². The lowest BCUT2D eigenvalue weighted by Crippen LogP contribution is -2.47. The highest BCUT2D eigenvalue weighted by Crippen LogP contribution is 2.79. The number of rotatable bonds is 0. The van der Waals surface area contributed by atoms with Crippen LogP contribution in [0.4, 0.5) is 0 Å². The number of fused-ring (bicyclic) bond motifs is 5. The van der Waals surface area contributed by atoms with Crippen molar-refractivity contribution in [2.24, 2.45) is 11.8 Å². The van der Waals surface area contributed by atoms with Crippen molar-refractivity contribution in [3.63, 3.8) is 0 Å². The second-order valence-corrected chi connectivity index (χ2v) is 9.29. The lowest BCUT2D eigenvalue weighted by molar-refractivity contribution is 0.385. The number of hydrogen-bond acceptors (Lipinski definition) is 0. The highest BCUT2D eigenvalue weighted by Gasteiger charge is 2.84. The Morgan fingerprint density at radius 2 is 1.39 bits per heavy atom. The summed E-state index contributed by atoms with van der Waals surface area (Å²) in [5.41, 5.74) is 0. The minimum atomic E-state index is -1.50. The Bertz CT molecular complexity index is 459. The topological polar surface area (TPSA) is 0 Å². The molecule has 0 radical (unpaired) electrons. The molecule has 2 bridgehead atoms. The minimum absolute atomic E-state index is 0.184. The van der Waals surface area contributed by atoms with Gasteiger partial charge in [-0.1, -0.05) is 46.4 Å². The van der Waals surface area contributed by atoms with Gasteiger partial charge in [-0.3, -0.25) is 0 Å². The zero-order valence-electron chi connectivity index (χ0n) is 8.54. The third kappa shape index (κ3) is 1.28. The summed E-state index contributed by atoms with van der Waals surface area (Å²) >= 11 is 51.0. The molecule has 0 saturated heterocycles. The minimum Gasteiger partial charge on any atom is -0.121 e. The molecule has 8 heteroatoms. The monoisotopic (exact) mass is 406 g/mol. The van der Waals surface area contributed by atoms with Gasteiger partial charge in [-0.15, -0.1) is 46.4 Å². The van der Waals surface area contributed by atoms with Gasteiger partial charge in [0.1, 0.15) is 9.75 Å². The van der Waals surface area contributed by atoms with E-state index in [4.69, 9.17) is 92.8 Å². The predicted molar refractivity (Wildman–Crippen MR) is 81.2 cm³/mol. The van der Waals surface area contributed by atoms with Crippen molar-refractivity contribution < 1.29 is 0 Å². The molecule has 0 N–H and O–H groups in total. The zero-order valence-corrected chi connectivity index (χ0v) is 14.6. The fraction of sp³-hybridized carbons (Fsp3) is 0.800. The average Bonchev–Trinajstić information content (AvgIpc) is 2.69. The molecule has 102 valence electrons. The first-order valence-corrected chi connectivity index (χ1v) is 8.35. The summed E-state index contributed by atoms with van der Waals surface area (Å²) in [5.74, 6) is -0.488. The first kappa shape index (κ1) is 15.0. The number of hydrogen-bond donors (Lipinski definition) is 0. The van der Waals surface area contributed by atoms with Gasteiger partial charge < -0.3 is 0 Å². The fourth-order valence-electron chi connectivity index (χ4n) is 3.48. The highest BCUT2D eigenvalue weighted by atomic mass is 35.5. The van der Waals surface area contributed by atoms with Crippen molar-refractivity contribution in [1.82, 2.24) is 0 Å². The summed E-state index contributed by atoms with van der Waals surface area (Å²) < 4.78 is -1.50. The van der Waals surface area contributed by atoms with Crippen LogP contribution in [0.2, 0.25) is 0 Å². The molecule has 3 aliphatic carbocycles. The molecule has 0 spiro atoms.